The van der Waals surface area contributed by atoms with Gasteiger partial charge >= 0.3 is 6.18 Å². The van der Waals surface area contributed by atoms with Crippen molar-refractivity contribution < 1.29 is 22.8 Å². The number of hydrogen-bond donors (Lipinski definition) is 1. The smallest absolute Gasteiger partial charge is 0.351 e. The summed E-state index contributed by atoms with van der Waals surface area (Å²) in [5.41, 5.74) is -1.58. The molecule has 0 spiro atoms. The standard InChI is InChI=1S/C16H21F3N2O2/c1-11(22)21(10-9-14(23)20-15(2,3)4)13-8-6-5-7-12(13)16(17,18)19/h5-8H,9-10H2,1-4H3,(H,20,23). The van der Waals surface area contributed by atoms with Crippen LogP contribution in [0, 0.1) is 0 Å². The highest BCUT2D eigenvalue weighted by atomic mass is 19.4. The fraction of sp³-hybridized carbons (Fsp3) is 0.500. The number of nitrogens with zero attached hydrogens (tertiary/aromatic N) is 1. The average molecular weight is 330 g/mol. The second-order valence-electron chi connectivity index (χ2n) is 6.23. The van der Waals surface area contributed by atoms with E-state index in [9.17, 15) is 22.8 Å². The number of halogens is 3. The number of anilines is 1. The second kappa shape index (κ2) is 7.02. The van der Waals surface area contributed by atoms with E-state index in [-0.39, 0.29) is 24.6 Å². The molecular weight excluding hydrogens is 309 g/mol. The number of rotatable bonds is 4. The van der Waals surface area contributed by atoms with Crippen LogP contribution in [0.4, 0.5) is 18.9 Å². The fourth-order valence-corrected chi connectivity index (χ4v) is 2.09. The van der Waals surface area contributed by atoms with Crippen molar-refractivity contribution >= 4 is 17.5 Å². The van der Waals surface area contributed by atoms with Gasteiger partial charge in [0.1, 0.15) is 0 Å². The highest BCUT2D eigenvalue weighted by Crippen LogP contribution is 2.36. The van der Waals surface area contributed by atoms with Crippen LogP contribution in [0.1, 0.15) is 39.7 Å². The Morgan fingerprint density at radius 1 is 1.13 bits per heavy atom. The zero-order valence-electron chi connectivity index (χ0n) is 13.6. The van der Waals surface area contributed by atoms with E-state index in [2.05, 4.69) is 5.32 Å². The van der Waals surface area contributed by atoms with Crippen LogP contribution < -0.4 is 10.2 Å². The van der Waals surface area contributed by atoms with Crippen molar-refractivity contribution in [1.29, 1.82) is 0 Å². The van der Waals surface area contributed by atoms with Crippen LogP contribution in [-0.4, -0.2) is 23.9 Å². The summed E-state index contributed by atoms with van der Waals surface area (Å²) in [5, 5.41) is 2.71. The third kappa shape index (κ3) is 5.92. The van der Waals surface area contributed by atoms with Crippen molar-refractivity contribution in [2.75, 3.05) is 11.4 Å². The number of benzene rings is 1. The number of carbonyl (C=O) groups excluding carboxylic acids is 2. The Morgan fingerprint density at radius 2 is 1.70 bits per heavy atom. The number of nitrogens with one attached hydrogen (secondary N) is 1. The van der Waals surface area contributed by atoms with E-state index in [0.717, 1.165) is 11.0 Å². The lowest BCUT2D eigenvalue weighted by atomic mass is 10.1. The molecule has 0 aromatic heterocycles. The van der Waals surface area contributed by atoms with Crippen LogP contribution in [0.15, 0.2) is 24.3 Å². The van der Waals surface area contributed by atoms with Crippen molar-refractivity contribution in [2.45, 2.75) is 45.8 Å². The normalized spacial score (nSPS) is 12.0. The van der Waals surface area contributed by atoms with Gasteiger partial charge in [-0.15, -0.1) is 0 Å². The zero-order chi connectivity index (χ0) is 17.8. The van der Waals surface area contributed by atoms with Crippen LogP contribution in [0.2, 0.25) is 0 Å². The molecule has 1 rings (SSSR count). The molecule has 0 bridgehead atoms. The average Bonchev–Trinajstić information content (AvgIpc) is 2.35. The summed E-state index contributed by atoms with van der Waals surface area (Å²) in [6.45, 7) is 6.45. The van der Waals surface area contributed by atoms with E-state index in [1.54, 1.807) is 20.8 Å². The van der Waals surface area contributed by atoms with Crippen LogP contribution >= 0.6 is 0 Å². The molecule has 0 aliphatic heterocycles. The molecular formula is C16H21F3N2O2. The molecule has 0 atom stereocenters. The van der Waals surface area contributed by atoms with Crippen LogP contribution in [0.5, 0.6) is 0 Å². The Hall–Kier alpha value is -2.05. The Balaban J connectivity index is 2.97. The molecule has 1 aromatic carbocycles. The Morgan fingerprint density at radius 3 is 2.17 bits per heavy atom. The van der Waals surface area contributed by atoms with E-state index in [1.165, 1.54) is 25.1 Å². The molecule has 0 radical (unpaired) electrons. The molecule has 2 amide bonds. The van der Waals surface area contributed by atoms with Gasteiger partial charge in [-0.2, -0.15) is 13.2 Å². The van der Waals surface area contributed by atoms with Crippen molar-refractivity contribution in [2.24, 2.45) is 0 Å². The minimum Gasteiger partial charge on any atom is -0.351 e. The number of hydrogen-bond acceptors (Lipinski definition) is 2. The maximum atomic E-state index is 13.1. The summed E-state index contributed by atoms with van der Waals surface area (Å²) < 4.78 is 39.2. The lowest BCUT2D eigenvalue weighted by molar-refractivity contribution is -0.137. The SMILES string of the molecule is CC(=O)N(CCC(=O)NC(C)(C)C)c1ccccc1C(F)(F)F. The van der Waals surface area contributed by atoms with Crippen molar-refractivity contribution in [3.05, 3.63) is 29.8 Å². The van der Waals surface area contributed by atoms with Gasteiger partial charge in [-0.05, 0) is 32.9 Å². The monoisotopic (exact) mass is 330 g/mol. The van der Waals surface area contributed by atoms with Crippen molar-refractivity contribution in [3.63, 3.8) is 0 Å². The first-order valence-corrected chi connectivity index (χ1v) is 7.17. The summed E-state index contributed by atoms with van der Waals surface area (Å²) in [7, 11) is 0. The van der Waals surface area contributed by atoms with Gasteiger partial charge in [0.15, 0.2) is 0 Å². The Labute approximate surface area is 133 Å². The van der Waals surface area contributed by atoms with E-state index in [4.69, 9.17) is 0 Å². The first-order valence-electron chi connectivity index (χ1n) is 7.17. The summed E-state index contributed by atoms with van der Waals surface area (Å²) in [6.07, 6.45) is -4.65. The van der Waals surface area contributed by atoms with E-state index in [1.807, 2.05) is 0 Å². The molecule has 4 nitrogen and oxygen atoms in total. The van der Waals surface area contributed by atoms with Crippen LogP contribution in [0.3, 0.4) is 0 Å². The third-order valence-corrected chi connectivity index (χ3v) is 2.96. The van der Waals surface area contributed by atoms with Gasteiger partial charge in [-0.1, -0.05) is 12.1 Å². The van der Waals surface area contributed by atoms with Crippen LogP contribution in [0.25, 0.3) is 0 Å². The maximum absolute atomic E-state index is 13.1. The lowest BCUT2D eigenvalue weighted by Gasteiger charge is -2.26. The number of amides is 2. The quantitative estimate of drug-likeness (QED) is 0.920. The topological polar surface area (TPSA) is 49.4 Å². The highest BCUT2D eigenvalue weighted by Gasteiger charge is 2.35. The predicted molar refractivity (Wildman–Crippen MR) is 82.0 cm³/mol. The summed E-state index contributed by atoms with van der Waals surface area (Å²) in [4.78, 5) is 24.6. The number of alkyl halides is 3. The van der Waals surface area contributed by atoms with E-state index < -0.39 is 23.2 Å². The summed E-state index contributed by atoms with van der Waals surface area (Å²) in [5.74, 6) is -0.876. The minimum absolute atomic E-state index is 0.0803. The molecule has 0 fully saturated rings. The van der Waals surface area contributed by atoms with Crippen molar-refractivity contribution in [3.8, 4) is 0 Å². The Kier molecular flexibility index (Phi) is 5.80. The summed E-state index contributed by atoms with van der Waals surface area (Å²) in [6, 6.07) is 4.83. The molecule has 0 heterocycles. The predicted octanol–water partition coefficient (Wildman–Crippen LogP) is 3.36. The van der Waals surface area contributed by atoms with Gasteiger partial charge in [0.05, 0.1) is 11.3 Å². The highest BCUT2D eigenvalue weighted by molar-refractivity contribution is 5.93. The molecule has 23 heavy (non-hydrogen) atoms. The molecule has 0 saturated heterocycles. The molecule has 128 valence electrons. The van der Waals surface area contributed by atoms with Crippen molar-refractivity contribution in [1.82, 2.24) is 5.32 Å². The molecule has 0 aliphatic carbocycles. The maximum Gasteiger partial charge on any atom is 0.418 e. The van der Waals surface area contributed by atoms with E-state index in [0.29, 0.717) is 0 Å². The molecule has 0 saturated carbocycles. The van der Waals surface area contributed by atoms with Gasteiger partial charge in [0.25, 0.3) is 0 Å². The largest absolute Gasteiger partial charge is 0.418 e. The van der Waals surface area contributed by atoms with Gasteiger partial charge in [-0.25, -0.2) is 0 Å². The van der Waals surface area contributed by atoms with Crippen LogP contribution in [-0.2, 0) is 15.8 Å². The molecule has 1 N–H and O–H groups in total. The minimum atomic E-state index is -4.57. The molecule has 0 unspecified atom stereocenters. The van der Waals surface area contributed by atoms with Gasteiger partial charge in [-0.3, -0.25) is 9.59 Å². The first kappa shape index (κ1) is 19.0. The lowest BCUT2D eigenvalue weighted by Crippen LogP contribution is -2.42. The van der Waals surface area contributed by atoms with Gasteiger partial charge in [0, 0.05) is 25.4 Å². The van der Waals surface area contributed by atoms with Gasteiger partial charge in [0.2, 0.25) is 11.8 Å². The number of para-hydroxylation sites is 1. The summed E-state index contributed by atoms with van der Waals surface area (Å²) >= 11 is 0. The third-order valence-electron chi connectivity index (χ3n) is 2.96. The fourth-order valence-electron chi connectivity index (χ4n) is 2.09. The first-order chi connectivity index (χ1) is 10.4. The van der Waals surface area contributed by atoms with Gasteiger partial charge < -0.3 is 10.2 Å². The molecule has 0 aliphatic rings. The Bertz CT molecular complexity index is 577. The number of carbonyl (C=O) groups is 2. The zero-order valence-corrected chi connectivity index (χ0v) is 13.6. The van der Waals surface area contributed by atoms with E-state index >= 15 is 0 Å². The second-order valence-corrected chi connectivity index (χ2v) is 6.23. The molecule has 7 heteroatoms. The molecule has 1 aromatic rings.